The third-order valence-corrected chi connectivity index (χ3v) is 2.61. The molecule has 2 aromatic rings. The zero-order chi connectivity index (χ0) is 13.7. The number of carboxylic acid groups (broad SMARTS) is 1. The van der Waals surface area contributed by atoms with Gasteiger partial charge in [0.15, 0.2) is 0 Å². The Bertz CT molecular complexity index is 569. The van der Waals surface area contributed by atoms with Crippen molar-refractivity contribution >= 4 is 5.97 Å². The van der Waals surface area contributed by atoms with Crippen molar-refractivity contribution in [3.05, 3.63) is 36.0 Å². The maximum atomic E-state index is 13.5. The van der Waals surface area contributed by atoms with Crippen LogP contribution in [-0.4, -0.2) is 21.2 Å². The van der Waals surface area contributed by atoms with Gasteiger partial charge in [-0.2, -0.15) is 4.98 Å². The van der Waals surface area contributed by atoms with E-state index in [9.17, 15) is 9.18 Å². The molecular weight excluding hydrogens is 251 g/mol. The van der Waals surface area contributed by atoms with E-state index in [0.29, 0.717) is 30.7 Å². The number of aromatic nitrogens is 2. The number of hydrogen-bond donors (Lipinski definition) is 1. The fourth-order valence-electron chi connectivity index (χ4n) is 1.66. The molecule has 19 heavy (non-hydrogen) atoms. The molecule has 0 aliphatic carbocycles. The van der Waals surface area contributed by atoms with Crippen molar-refractivity contribution in [2.75, 3.05) is 0 Å². The Kier molecular flexibility index (Phi) is 4.22. The fraction of sp³-hybridized carbons (Fsp3) is 0.308. The second-order valence-corrected chi connectivity index (χ2v) is 4.09. The summed E-state index contributed by atoms with van der Waals surface area (Å²) >= 11 is 0. The van der Waals surface area contributed by atoms with Crippen molar-refractivity contribution in [3.8, 4) is 11.4 Å². The minimum atomic E-state index is -0.822. The predicted molar refractivity (Wildman–Crippen MR) is 64.9 cm³/mol. The van der Waals surface area contributed by atoms with Crippen LogP contribution in [0.2, 0.25) is 0 Å². The van der Waals surface area contributed by atoms with Crippen molar-refractivity contribution in [2.24, 2.45) is 0 Å². The summed E-state index contributed by atoms with van der Waals surface area (Å²) in [5, 5.41) is 12.2. The van der Waals surface area contributed by atoms with Crippen LogP contribution in [0, 0.1) is 5.82 Å². The van der Waals surface area contributed by atoms with Crippen molar-refractivity contribution in [1.29, 1.82) is 0 Å². The van der Waals surface area contributed by atoms with E-state index >= 15 is 0 Å². The molecular formula is C13H13FN2O3. The summed E-state index contributed by atoms with van der Waals surface area (Å²) in [6.45, 7) is 0. The Hall–Kier alpha value is -2.24. The number of rotatable bonds is 6. The highest BCUT2D eigenvalue weighted by Crippen LogP contribution is 2.19. The molecule has 1 aromatic heterocycles. The number of aryl methyl sites for hydroxylation is 1. The van der Waals surface area contributed by atoms with Gasteiger partial charge in [-0.15, -0.1) is 0 Å². The molecule has 6 heteroatoms. The minimum absolute atomic E-state index is 0.119. The quantitative estimate of drug-likeness (QED) is 0.812. The number of halogens is 1. The molecule has 0 unspecified atom stereocenters. The topological polar surface area (TPSA) is 76.2 Å². The zero-order valence-electron chi connectivity index (χ0n) is 10.2. The number of carboxylic acids is 1. The summed E-state index contributed by atoms with van der Waals surface area (Å²) in [5.74, 6) is -0.617. The average Bonchev–Trinajstić information content (AvgIpc) is 2.83. The van der Waals surface area contributed by atoms with Crippen LogP contribution >= 0.6 is 0 Å². The lowest BCUT2D eigenvalue weighted by Gasteiger charge is -1.95. The second kappa shape index (κ2) is 6.08. The van der Waals surface area contributed by atoms with Gasteiger partial charge in [0.05, 0.1) is 5.56 Å². The third-order valence-electron chi connectivity index (χ3n) is 2.61. The van der Waals surface area contributed by atoms with Gasteiger partial charge in [-0.25, -0.2) is 4.39 Å². The monoisotopic (exact) mass is 264 g/mol. The molecule has 5 nitrogen and oxygen atoms in total. The third kappa shape index (κ3) is 3.61. The SMILES string of the molecule is O=C(O)CCCCc1nc(-c2ccccc2F)no1. The summed E-state index contributed by atoms with van der Waals surface area (Å²) in [5.41, 5.74) is 0.294. The molecule has 0 radical (unpaired) electrons. The van der Waals surface area contributed by atoms with Gasteiger partial charge in [-0.1, -0.05) is 17.3 Å². The van der Waals surface area contributed by atoms with E-state index < -0.39 is 11.8 Å². The minimum Gasteiger partial charge on any atom is -0.481 e. The largest absolute Gasteiger partial charge is 0.481 e. The Labute approximate surface area is 109 Å². The highest BCUT2D eigenvalue weighted by atomic mass is 19.1. The molecule has 1 N–H and O–H groups in total. The smallest absolute Gasteiger partial charge is 0.303 e. The Morgan fingerprint density at radius 3 is 2.84 bits per heavy atom. The van der Waals surface area contributed by atoms with E-state index in [2.05, 4.69) is 10.1 Å². The van der Waals surface area contributed by atoms with E-state index in [-0.39, 0.29) is 12.2 Å². The highest BCUT2D eigenvalue weighted by Gasteiger charge is 2.12. The van der Waals surface area contributed by atoms with Gasteiger partial charge in [-0.05, 0) is 25.0 Å². The summed E-state index contributed by atoms with van der Waals surface area (Å²) < 4.78 is 18.5. The van der Waals surface area contributed by atoms with Gasteiger partial charge < -0.3 is 9.63 Å². The van der Waals surface area contributed by atoms with Crippen LogP contribution in [0.4, 0.5) is 4.39 Å². The summed E-state index contributed by atoms with van der Waals surface area (Å²) in [6.07, 6.45) is 1.81. The molecule has 0 aliphatic heterocycles. The molecule has 0 bridgehead atoms. The van der Waals surface area contributed by atoms with Crippen molar-refractivity contribution in [1.82, 2.24) is 10.1 Å². The average molecular weight is 264 g/mol. The van der Waals surface area contributed by atoms with Gasteiger partial charge in [0.1, 0.15) is 5.82 Å². The number of hydrogen-bond acceptors (Lipinski definition) is 4. The maximum absolute atomic E-state index is 13.5. The van der Waals surface area contributed by atoms with E-state index in [1.807, 2.05) is 0 Å². The number of benzene rings is 1. The molecule has 100 valence electrons. The summed E-state index contributed by atoms with van der Waals surface area (Å²) in [4.78, 5) is 14.4. The predicted octanol–water partition coefficient (Wildman–Crippen LogP) is 2.67. The number of unbranched alkanes of at least 4 members (excludes halogenated alkanes) is 1. The van der Waals surface area contributed by atoms with Crippen LogP contribution in [0.1, 0.15) is 25.2 Å². The lowest BCUT2D eigenvalue weighted by molar-refractivity contribution is -0.137. The first-order chi connectivity index (χ1) is 9.16. The molecule has 0 saturated carbocycles. The molecule has 0 spiro atoms. The number of nitrogens with zero attached hydrogens (tertiary/aromatic N) is 2. The lowest BCUT2D eigenvalue weighted by Crippen LogP contribution is -1.95. The number of carbonyl (C=O) groups is 1. The van der Waals surface area contributed by atoms with Crippen molar-refractivity contribution < 1.29 is 18.8 Å². The van der Waals surface area contributed by atoms with E-state index in [0.717, 1.165) is 0 Å². The first-order valence-electron chi connectivity index (χ1n) is 5.96. The molecule has 0 saturated heterocycles. The summed E-state index contributed by atoms with van der Waals surface area (Å²) in [7, 11) is 0. The van der Waals surface area contributed by atoms with Crippen molar-refractivity contribution in [2.45, 2.75) is 25.7 Å². The summed E-state index contributed by atoms with van der Waals surface area (Å²) in [6, 6.07) is 6.19. The lowest BCUT2D eigenvalue weighted by atomic mass is 10.2. The highest BCUT2D eigenvalue weighted by molar-refractivity contribution is 5.66. The first-order valence-corrected chi connectivity index (χ1v) is 5.96. The van der Waals surface area contributed by atoms with E-state index in [1.165, 1.54) is 6.07 Å². The Balaban J connectivity index is 1.96. The van der Waals surface area contributed by atoms with Crippen LogP contribution in [0.5, 0.6) is 0 Å². The van der Waals surface area contributed by atoms with E-state index in [1.54, 1.807) is 18.2 Å². The zero-order valence-corrected chi connectivity index (χ0v) is 10.2. The van der Waals surface area contributed by atoms with Crippen LogP contribution in [0.3, 0.4) is 0 Å². The standard InChI is InChI=1S/C13H13FN2O3/c14-10-6-2-1-5-9(10)13-15-11(19-16-13)7-3-4-8-12(17)18/h1-2,5-6H,3-4,7-8H2,(H,17,18). The number of aliphatic carboxylic acids is 1. The Morgan fingerprint density at radius 1 is 1.32 bits per heavy atom. The van der Waals surface area contributed by atoms with Crippen LogP contribution in [-0.2, 0) is 11.2 Å². The first kappa shape index (κ1) is 13.2. The molecule has 1 aromatic carbocycles. The van der Waals surface area contributed by atoms with Gasteiger partial charge in [0.25, 0.3) is 0 Å². The maximum Gasteiger partial charge on any atom is 0.303 e. The molecule has 1 heterocycles. The van der Waals surface area contributed by atoms with Gasteiger partial charge in [-0.3, -0.25) is 4.79 Å². The second-order valence-electron chi connectivity index (χ2n) is 4.09. The van der Waals surface area contributed by atoms with Gasteiger partial charge >= 0.3 is 5.97 Å². The van der Waals surface area contributed by atoms with E-state index in [4.69, 9.17) is 9.63 Å². The van der Waals surface area contributed by atoms with Crippen LogP contribution < -0.4 is 0 Å². The van der Waals surface area contributed by atoms with Gasteiger partial charge in [0.2, 0.25) is 11.7 Å². The Morgan fingerprint density at radius 2 is 2.11 bits per heavy atom. The molecule has 0 atom stereocenters. The van der Waals surface area contributed by atoms with Gasteiger partial charge in [0, 0.05) is 12.8 Å². The normalized spacial score (nSPS) is 10.6. The van der Waals surface area contributed by atoms with Crippen molar-refractivity contribution in [3.63, 3.8) is 0 Å². The molecule has 0 amide bonds. The molecule has 0 fully saturated rings. The molecule has 2 rings (SSSR count). The fourth-order valence-corrected chi connectivity index (χ4v) is 1.66. The van der Waals surface area contributed by atoms with Crippen LogP contribution in [0.25, 0.3) is 11.4 Å². The van der Waals surface area contributed by atoms with Crippen LogP contribution in [0.15, 0.2) is 28.8 Å². The molecule has 0 aliphatic rings.